The molecule has 1 aromatic heterocycles. The van der Waals surface area contributed by atoms with Gasteiger partial charge in [-0.15, -0.1) is 0 Å². The lowest BCUT2D eigenvalue weighted by Crippen LogP contribution is -2.24. The number of aromatic nitrogens is 2. The molecule has 0 aliphatic heterocycles. The molecular weight excluding hydrogens is 246 g/mol. The molecule has 0 aliphatic rings. The summed E-state index contributed by atoms with van der Waals surface area (Å²) in [6.45, 7) is 0. The van der Waals surface area contributed by atoms with Crippen molar-refractivity contribution >= 4 is 11.0 Å². The normalized spacial score (nSPS) is 13.0. The van der Waals surface area contributed by atoms with Crippen molar-refractivity contribution in [3.05, 3.63) is 66.0 Å². The van der Waals surface area contributed by atoms with E-state index in [2.05, 4.69) is 73.1 Å². The van der Waals surface area contributed by atoms with Crippen molar-refractivity contribution in [1.82, 2.24) is 14.5 Å². The van der Waals surface area contributed by atoms with Crippen LogP contribution in [0.2, 0.25) is 0 Å². The zero-order chi connectivity index (χ0) is 14.1. The number of rotatable bonds is 3. The molecule has 20 heavy (non-hydrogen) atoms. The summed E-state index contributed by atoms with van der Waals surface area (Å²) < 4.78 is 2.19. The van der Waals surface area contributed by atoms with Crippen molar-refractivity contribution in [1.29, 1.82) is 0 Å². The van der Waals surface area contributed by atoms with Gasteiger partial charge in [-0.3, -0.25) is 4.90 Å². The van der Waals surface area contributed by atoms with E-state index in [4.69, 9.17) is 4.98 Å². The number of nitrogens with zero attached hydrogens (tertiary/aromatic N) is 3. The molecule has 3 nitrogen and oxygen atoms in total. The van der Waals surface area contributed by atoms with Gasteiger partial charge in [-0.2, -0.15) is 0 Å². The summed E-state index contributed by atoms with van der Waals surface area (Å²) in [6.07, 6.45) is 0. The third-order valence-electron chi connectivity index (χ3n) is 3.70. The van der Waals surface area contributed by atoms with Gasteiger partial charge in [0.15, 0.2) is 0 Å². The van der Waals surface area contributed by atoms with Crippen LogP contribution in [-0.2, 0) is 7.05 Å². The van der Waals surface area contributed by atoms with Crippen LogP contribution >= 0.6 is 0 Å². The molecule has 0 radical (unpaired) electrons. The highest BCUT2D eigenvalue weighted by Gasteiger charge is 2.22. The van der Waals surface area contributed by atoms with Gasteiger partial charge in [0.2, 0.25) is 0 Å². The fourth-order valence-corrected chi connectivity index (χ4v) is 2.72. The minimum absolute atomic E-state index is 0.161. The number of fused-ring (bicyclic) bond motifs is 1. The van der Waals surface area contributed by atoms with Gasteiger partial charge in [0, 0.05) is 7.05 Å². The van der Waals surface area contributed by atoms with Crippen LogP contribution in [0.5, 0.6) is 0 Å². The smallest absolute Gasteiger partial charge is 0.131 e. The van der Waals surface area contributed by atoms with Gasteiger partial charge >= 0.3 is 0 Å². The van der Waals surface area contributed by atoms with Gasteiger partial charge in [-0.1, -0.05) is 42.5 Å². The molecule has 1 atom stereocenters. The quantitative estimate of drug-likeness (QED) is 0.725. The Morgan fingerprint density at radius 2 is 1.60 bits per heavy atom. The summed E-state index contributed by atoms with van der Waals surface area (Å²) in [5, 5.41) is 0. The molecule has 0 bridgehead atoms. The fraction of sp³-hybridized carbons (Fsp3) is 0.235. The molecule has 102 valence electrons. The number of hydrogen-bond acceptors (Lipinski definition) is 2. The molecule has 2 aromatic carbocycles. The Bertz CT molecular complexity index is 713. The maximum Gasteiger partial charge on any atom is 0.131 e. The molecule has 0 saturated carbocycles. The second-order valence-electron chi connectivity index (χ2n) is 5.29. The Hall–Kier alpha value is -2.13. The van der Waals surface area contributed by atoms with E-state index in [1.54, 1.807) is 0 Å². The molecule has 0 aliphatic carbocycles. The van der Waals surface area contributed by atoms with Crippen LogP contribution in [0.3, 0.4) is 0 Å². The first-order valence-corrected chi connectivity index (χ1v) is 6.81. The Morgan fingerprint density at radius 3 is 2.25 bits per heavy atom. The van der Waals surface area contributed by atoms with E-state index in [-0.39, 0.29) is 6.04 Å². The van der Waals surface area contributed by atoms with Gasteiger partial charge < -0.3 is 4.57 Å². The van der Waals surface area contributed by atoms with Crippen molar-refractivity contribution in [2.45, 2.75) is 6.04 Å². The Kier molecular flexibility index (Phi) is 3.28. The first-order valence-electron chi connectivity index (χ1n) is 6.81. The van der Waals surface area contributed by atoms with Crippen LogP contribution < -0.4 is 0 Å². The monoisotopic (exact) mass is 265 g/mol. The minimum atomic E-state index is 0.161. The number of benzene rings is 2. The van der Waals surface area contributed by atoms with Gasteiger partial charge in [-0.05, 0) is 31.8 Å². The van der Waals surface area contributed by atoms with Crippen LogP contribution in [0.15, 0.2) is 54.6 Å². The van der Waals surface area contributed by atoms with E-state index in [1.165, 1.54) is 11.1 Å². The number of para-hydroxylation sites is 2. The van der Waals surface area contributed by atoms with Crippen LogP contribution in [0.25, 0.3) is 11.0 Å². The van der Waals surface area contributed by atoms with Crippen molar-refractivity contribution < 1.29 is 0 Å². The molecule has 0 fully saturated rings. The second-order valence-corrected chi connectivity index (χ2v) is 5.29. The van der Waals surface area contributed by atoms with Gasteiger partial charge in [-0.25, -0.2) is 4.98 Å². The molecular formula is C17H19N3. The summed E-state index contributed by atoms with van der Waals surface area (Å²) in [6, 6.07) is 18.9. The van der Waals surface area contributed by atoms with E-state index < -0.39 is 0 Å². The van der Waals surface area contributed by atoms with E-state index in [9.17, 15) is 0 Å². The standard InChI is InChI=1S/C17H19N3/c1-19(2)16(13-9-5-4-6-10-13)17-18-14-11-7-8-12-15(14)20(17)3/h4-12,16H,1-3H3. The highest BCUT2D eigenvalue weighted by molar-refractivity contribution is 5.76. The first kappa shape index (κ1) is 12.9. The summed E-state index contributed by atoms with van der Waals surface area (Å²) in [5.41, 5.74) is 3.48. The molecule has 0 spiro atoms. The van der Waals surface area contributed by atoms with Crippen LogP contribution in [0.1, 0.15) is 17.4 Å². The molecule has 1 heterocycles. The summed E-state index contributed by atoms with van der Waals surface area (Å²) in [7, 11) is 6.28. The van der Waals surface area contributed by atoms with Gasteiger partial charge in [0.1, 0.15) is 5.82 Å². The van der Waals surface area contributed by atoms with E-state index in [1.807, 2.05) is 12.1 Å². The van der Waals surface area contributed by atoms with Crippen LogP contribution in [0.4, 0.5) is 0 Å². The average molecular weight is 265 g/mol. The van der Waals surface area contributed by atoms with Crippen molar-refractivity contribution in [2.75, 3.05) is 14.1 Å². The zero-order valence-corrected chi connectivity index (χ0v) is 12.1. The highest BCUT2D eigenvalue weighted by atomic mass is 15.2. The largest absolute Gasteiger partial charge is 0.329 e. The Balaban J connectivity index is 2.18. The number of aryl methyl sites for hydroxylation is 1. The van der Waals surface area contributed by atoms with Crippen molar-refractivity contribution in [3.63, 3.8) is 0 Å². The number of imidazole rings is 1. The van der Waals surface area contributed by atoms with E-state index >= 15 is 0 Å². The van der Waals surface area contributed by atoms with E-state index in [0.717, 1.165) is 11.3 Å². The summed E-state index contributed by atoms with van der Waals surface area (Å²) >= 11 is 0. The third kappa shape index (κ3) is 2.10. The van der Waals surface area contributed by atoms with Gasteiger partial charge in [0.25, 0.3) is 0 Å². The fourth-order valence-electron chi connectivity index (χ4n) is 2.72. The number of hydrogen-bond donors (Lipinski definition) is 0. The lowest BCUT2D eigenvalue weighted by molar-refractivity contribution is 0.325. The molecule has 3 heteroatoms. The predicted molar refractivity (Wildman–Crippen MR) is 82.7 cm³/mol. The molecule has 3 aromatic rings. The Morgan fingerprint density at radius 1 is 0.950 bits per heavy atom. The second kappa shape index (κ2) is 5.10. The SMILES string of the molecule is CN(C)C(c1ccccc1)c1nc2ccccc2n1C. The van der Waals surface area contributed by atoms with Gasteiger partial charge in [0.05, 0.1) is 17.1 Å². The van der Waals surface area contributed by atoms with Crippen LogP contribution in [-0.4, -0.2) is 28.5 Å². The summed E-state index contributed by atoms with van der Waals surface area (Å²) in [5.74, 6) is 1.07. The first-order chi connectivity index (χ1) is 9.68. The lowest BCUT2D eigenvalue weighted by Gasteiger charge is -2.24. The third-order valence-corrected chi connectivity index (χ3v) is 3.70. The Labute approximate surface area is 119 Å². The van der Waals surface area contributed by atoms with Crippen molar-refractivity contribution in [3.8, 4) is 0 Å². The average Bonchev–Trinajstić information content (AvgIpc) is 2.78. The maximum atomic E-state index is 4.83. The van der Waals surface area contributed by atoms with E-state index in [0.29, 0.717) is 0 Å². The predicted octanol–water partition coefficient (Wildman–Crippen LogP) is 3.22. The molecule has 1 unspecified atom stereocenters. The zero-order valence-electron chi connectivity index (χ0n) is 12.1. The highest BCUT2D eigenvalue weighted by Crippen LogP contribution is 2.28. The molecule has 0 N–H and O–H groups in total. The topological polar surface area (TPSA) is 21.1 Å². The minimum Gasteiger partial charge on any atom is -0.329 e. The molecule has 0 amide bonds. The van der Waals surface area contributed by atoms with Crippen LogP contribution in [0, 0.1) is 0 Å². The molecule has 0 saturated heterocycles. The maximum absolute atomic E-state index is 4.83. The lowest BCUT2D eigenvalue weighted by atomic mass is 10.1. The molecule has 3 rings (SSSR count). The van der Waals surface area contributed by atoms with Crippen molar-refractivity contribution in [2.24, 2.45) is 7.05 Å². The summed E-state index contributed by atoms with van der Waals surface area (Å²) in [4.78, 5) is 7.04.